The van der Waals surface area contributed by atoms with Gasteiger partial charge < -0.3 is 20.1 Å². The minimum Gasteiger partial charge on any atom is -0.480 e. The van der Waals surface area contributed by atoms with Crippen LogP contribution in [0.15, 0.2) is 0 Å². The third kappa shape index (κ3) is 7.48. The largest absolute Gasteiger partial charge is 0.480 e. The molecule has 0 atom stereocenters. The number of nitrogens with zero attached hydrogens (tertiary/aromatic N) is 1. The van der Waals surface area contributed by atoms with Crippen molar-refractivity contribution < 1.29 is 24.2 Å². The van der Waals surface area contributed by atoms with Crippen LogP contribution in [0.4, 0.5) is 4.79 Å². The van der Waals surface area contributed by atoms with Gasteiger partial charge in [0.2, 0.25) is 0 Å². The van der Waals surface area contributed by atoms with Gasteiger partial charge in [-0.25, -0.2) is 4.79 Å². The summed E-state index contributed by atoms with van der Waals surface area (Å²) in [7, 11) is 0. The Balaban J connectivity index is 3.81. The number of nitrogens with one attached hydrogen (secondary N) is 1. The van der Waals surface area contributed by atoms with Crippen molar-refractivity contribution in [3.05, 3.63) is 0 Å². The van der Waals surface area contributed by atoms with E-state index in [0.29, 0.717) is 26.1 Å². The van der Waals surface area contributed by atoms with Gasteiger partial charge in [0.15, 0.2) is 0 Å². The molecular formula is C11H20N2O5. The number of aliphatic carboxylic acids is 1. The first-order chi connectivity index (χ1) is 8.51. The Bertz CT molecular complexity index is 293. The molecule has 0 saturated heterocycles. The predicted molar refractivity (Wildman–Crippen MR) is 64.1 cm³/mol. The highest BCUT2D eigenvalue weighted by atomic mass is 16.5. The average molecular weight is 260 g/mol. The van der Waals surface area contributed by atoms with Gasteiger partial charge in [-0.3, -0.25) is 9.59 Å². The van der Waals surface area contributed by atoms with E-state index in [-0.39, 0.29) is 18.9 Å². The fraction of sp³-hybridized carbons (Fsp3) is 0.727. The summed E-state index contributed by atoms with van der Waals surface area (Å²) in [5.74, 6) is -1.36. The van der Waals surface area contributed by atoms with E-state index in [1.807, 2.05) is 0 Å². The predicted octanol–water partition coefficient (Wildman–Crippen LogP) is 0.446. The summed E-state index contributed by atoms with van der Waals surface area (Å²) >= 11 is 0. The molecule has 0 aliphatic rings. The number of carbonyl (C=O) groups excluding carboxylic acids is 2. The molecule has 2 N–H and O–H groups in total. The summed E-state index contributed by atoms with van der Waals surface area (Å²) in [6.07, 6.45) is 0.703. The number of esters is 1. The van der Waals surface area contributed by atoms with Crippen molar-refractivity contribution in [2.24, 2.45) is 0 Å². The standard InChI is InChI=1S/C11H20N2O5/c1-3-13(8-9(14)15)11(17)12-7-5-6-10(16)18-4-2/h3-8H2,1-2H3,(H,12,17)(H,14,15). The molecule has 104 valence electrons. The molecule has 0 rings (SSSR count). The first-order valence-corrected chi connectivity index (χ1v) is 5.91. The van der Waals surface area contributed by atoms with Crippen molar-refractivity contribution in [3.8, 4) is 0 Å². The number of carbonyl (C=O) groups is 3. The maximum Gasteiger partial charge on any atom is 0.323 e. The van der Waals surface area contributed by atoms with Gasteiger partial charge >= 0.3 is 18.0 Å². The lowest BCUT2D eigenvalue weighted by Gasteiger charge is -2.18. The van der Waals surface area contributed by atoms with Crippen LogP contribution in [0, 0.1) is 0 Å². The molecule has 2 amide bonds. The van der Waals surface area contributed by atoms with E-state index in [1.54, 1.807) is 13.8 Å². The molecule has 0 aliphatic heterocycles. The average Bonchev–Trinajstić information content (AvgIpc) is 2.31. The molecule has 0 aromatic heterocycles. The van der Waals surface area contributed by atoms with Crippen LogP contribution in [-0.4, -0.2) is 54.2 Å². The van der Waals surface area contributed by atoms with E-state index in [9.17, 15) is 14.4 Å². The van der Waals surface area contributed by atoms with E-state index in [0.717, 1.165) is 0 Å². The maximum atomic E-state index is 11.5. The Morgan fingerprint density at radius 1 is 1.28 bits per heavy atom. The zero-order valence-electron chi connectivity index (χ0n) is 10.8. The lowest BCUT2D eigenvalue weighted by Crippen LogP contribution is -2.42. The molecule has 18 heavy (non-hydrogen) atoms. The summed E-state index contributed by atoms with van der Waals surface area (Å²) in [5, 5.41) is 11.1. The molecule has 0 saturated carbocycles. The number of ether oxygens (including phenoxy) is 1. The smallest absolute Gasteiger partial charge is 0.323 e. The molecule has 0 radical (unpaired) electrons. The fourth-order valence-corrected chi connectivity index (χ4v) is 1.26. The molecule has 0 aromatic rings. The van der Waals surface area contributed by atoms with Gasteiger partial charge in [-0.05, 0) is 20.3 Å². The van der Waals surface area contributed by atoms with Crippen LogP contribution < -0.4 is 5.32 Å². The highest BCUT2D eigenvalue weighted by Gasteiger charge is 2.14. The van der Waals surface area contributed by atoms with E-state index in [1.165, 1.54) is 4.90 Å². The van der Waals surface area contributed by atoms with E-state index < -0.39 is 12.0 Å². The number of rotatable bonds is 8. The minimum absolute atomic E-state index is 0.235. The zero-order chi connectivity index (χ0) is 14.0. The molecule has 0 bridgehead atoms. The van der Waals surface area contributed by atoms with Crippen molar-refractivity contribution in [2.45, 2.75) is 26.7 Å². The SMILES string of the molecule is CCOC(=O)CCCNC(=O)N(CC)CC(=O)O. The van der Waals surface area contributed by atoms with E-state index >= 15 is 0 Å². The molecule has 0 aromatic carbocycles. The number of carboxylic acids is 1. The topological polar surface area (TPSA) is 95.9 Å². The second-order valence-corrected chi connectivity index (χ2v) is 3.55. The van der Waals surface area contributed by atoms with Crippen LogP contribution in [-0.2, 0) is 14.3 Å². The van der Waals surface area contributed by atoms with Gasteiger partial charge in [-0.15, -0.1) is 0 Å². The van der Waals surface area contributed by atoms with Crippen molar-refractivity contribution in [1.29, 1.82) is 0 Å². The maximum absolute atomic E-state index is 11.5. The number of hydrogen-bond donors (Lipinski definition) is 2. The van der Waals surface area contributed by atoms with Gasteiger partial charge in [-0.2, -0.15) is 0 Å². The van der Waals surface area contributed by atoms with Gasteiger partial charge in [0.05, 0.1) is 6.61 Å². The summed E-state index contributed by atoms with van der Waals surface area (Å²) < 4.78 is 4.73. The second kappa shape index (κ2) is 9.26. The summed E-state index contributed by atoms with van der Waals surface area (Å²) in [6, 6.07) is -0.441. The zero-order valence-corrected chi connectivity index (χ0v) is 10.8. The summed E-state index contributed by atoms with van der Waals surface area (Å²) in [4.78, 5) is 34.2. The van der Waals surface area contributed by atoms with Crippen LogP contribution in [0.3, 0.4) is 0 Å². The van der Waals surface area contributed by atoms with Crippen LogP contribution >= 0.6 is 0 Å². The second-order valence-electron chi connectivity index (χ2n) is 3.55. The monoisotopic (exact) mass is 260 g/mol. The quantitative estimate of drug-likeness (QED) is 0.488. The third-order valence-electron chi connectivity index (χ3n) is 2.13. The third-order valence-corrected chi connectivity index (χ3v) is 2.13. The normalized spacial score (nSPS) is 9.67. The Morgan fingerprint density at radius 2 is 1.94 bits per heavy atom. The van der Waals surface area contributed by atoms with Crippen molar-refractivity contribution in [2.75, 3.05) is 26.2 Å². The lowest BCUT2D eigenvalue weighted by atomic mass is 10.3. The molecule has 0 aliphatic carbocycles. The van der Waals surface area contributed by atoms with Crippen LogP contribution in [0.5, 0.6) is 0 Å². The Morgan fingerprint density at radius 3 is 2.44 bits per heavy atom. The Labute approximate surface area is 106 Å². The van der Waals surface area contributed by atoms with Crippen LogP contribution in [0.25, 0.3) is 0 Å². The van der Waals surface area contributed by atoms with Crippen LogP contribution in [0.2, 0.25) is 0 Å². The number of likely N-dealkylation sites (N-methyl/N-ethyl adjacent to an activating group) is 1. The molecule has 0 fully saturated rings. The number of carboxylic acid groups (broad SMARTS) is 1. The highest BCUT2D eigenvalue weighted by molar-refractivity contribution is 5.80. The number of urea groups is 1. The minimum atomic E-state index is -1.06. The molecule has 0 heterocycles. The van der Waals surface area contributed by atoms with Crippen LogP contribution in [0.1, 0.15) is 26.7 Å². The van der Waals surface area contributed by atoms with Crippen molar-refractivity contribution in [1.82, 2.24) is 10.2 Å². The first kappa shape index (κ1) is 16.2. The van der Waals surface area contributed by atoms with Crippen molar-refractivity contribution in [3.63, 3.8) is 0 Å². The molecule has 7 nitrogen and oxygen atoms in total. The van der Waals surface area contributed by atoms with E-state index in [4.69, 9.17) is 9.84 Å². The van der Waals surface area contributed by atoms with Gasteiger partial charge in [0, 0.05) is 19.5 Å². The Hall–Kier alpha value is -1.79. The van der Waals surface area contributed by atoms with Gasteiger partial charge in [0.25, 0.3) is 0 Å². The summed E-state index contributed by atoms with van der Waals surface area (Å²) in [6.45, 7) is 4.06. The molecular weight excluding hydrogens is 240 g/mol. The van der Waals surface area contributed by atoms with E-state index in [2.05, 4.69) is 5.32 Å². The fourth-order valence-electron chi connectivity index (χ4n) is 1.26. The molecule has 7 heteroatoms. The van der Waals surface area contributed by atoms with Crippen molar-refractivity contribution >= 4 is 18.0 Å². The van der Waals surface area contributed by atoms with Gasteiger partial charge in [0.1, 0.15) is 6.54 Å². The van der Waals surface area contributed by atoms with Gasteiger partial charge in [-0.1, -0.05) is 0 Å². The first-order valence-electron chi connectivity index (χ1n) is 5.91. The Kier molecular flexibility index (Phi) is 8.34. The summed E-state index contributed by atoms with van der Waals surface area (Å²) in [5.41, 5.74) is 0. The molecule has 0 spiro atoms. The highest BCUT2D eigenvalue weighted by Crippen LogP contribution is 1.93. The number of hydrogen-bond acceptors (Lipinski definition) is 4. The molecule has 0 unspecified atom stereocenters. The number of amides is 2. The lowest BCUT2D eigenvalue weighted by molar-refractivity contribution is -0.143.